The average molecular weight is 161 g/mol. The van der Waals surface area contributed by atoms with Crippen LogP contribution in [-0.2, 0) is 0 Å². The zero-order chi connectivity index (χ0) is 9.07. The molecule has 0 aromatic carbocycles. The van der Waals surface area contributed by atoms with E-state index in [9.17, 15) is 15.2 Å². The van der Waals surface area contributed by atoms with Gasteiger partial charge in [-0.3, -0.25) is 10.1 Å². The average Bonchev–Trinajstić information content (AvgIpc) is 1.88. The molecule has 0 aliphatic carbocycles. The second-order valence-electron chi connectivity index (χ2n) is 2.92. The van der Waals surface area contributed by atoms with Gasteiger partial charge in [-0.25, -0.2) is 0 Å². The SMILES string of the molecule is CCC([N+](=O)[O-])C(C)(O)CC. The van der Waals surface area contributed by atoms with Gasteiger partial charge in [0.15, 0.2) is 0 Å². The number of nitrogens with zero attached hydrogens (tertiary/aromatic N) is 1. The molecule has 0 aromatic rings. The van der Waals surface area contributed by atoms with Gasteiger partial charge in [0.25, 0.3) is 0 Å². The second-order valence-corrected chi connectivity index (χ2v) is 2.92. The maximum Gasteiger partial charge on any atom is 0.240 e. The predicted molar refractivity (Wildman–Crippen MR) is 42.0 cm³/mol. The van der Waals surface area contributed by atoms with Crippen molar-refractivity contribution in [3.8, 4) is 0 Å². The highest BCUT2D eigenvalue weighted by Crippen LogP contribution is 2.19. The van der Waals surface area contributed by atoms with Gasteiger partial charge in [0.05, 0.1) is 0 Å². The summed E-state index contributed by atoms with van der Waals surface area (Å²) in [5, 5.41) is 19.9. The summed E-state index contributed by atoms with van der Waals surface area (Å²) in [6.45, 7) is 4.95. The molecule has 0 radical (unpaired) electrons. The first-order valence-corrected chi connectivity index (χ1v) is 3.81. The Morgan fingerprint density at radius 3 is 2.18 bits per heavy atom. The lowest BCUT2D eigenvalue weighted by molar-refractivity contribution is -0.545. The molecule has 0 aromatic heterocycles. The Kier molecular flexibility index (Phi) is 3.45. The molecule has 0 amide bonds. The van der Waals surface area contributed by atoms with Crippen LogP contribution in [0.4, 0.5) is 0 Å². The summed E-state index contributed by atoms with van der Waals surface area (Å²) in [5.74, 6) is 0. The standard InChI is InChI=1S/C7H15NO3/c1-4-6(8(10)11)7(3,9)5-2/h6,9H,4-5H2,1-3H3. The minimum Gasteiger partial charge on any atom is -0.383 e. The zero-order valence-corrected chi connectivity index (χ0v) is 7.20. The summed E-state index contributed by atoms with van der Waals surface area (Å²) in [6.07, 6.45) is 0.778. The topological polar surface area (TPSA) is 63.4 Å². The van der Waals surface area contributed by atoms with Crippen LogP contribution in [0.1, 0.15) is 33.6 Å². The lowest BCUT2D eigenvalue weighted by Crippen LogP contribution is -2.43. The number of aliphatic hydroxyl groups is 1. The first-order chi connectivity index (χ1) is 4.95. The molecule has 0 heterocycles. The molecule has 2 unspecified atom stereocenters. The van der Waals surface area contributed by atoms with Crippen LogP contribution < -0.4 is 0 Å². The van der Waals surface area contributed by atoms with Crippen molar-refractivity contribution < 1.29 is 10.0 Å². The van der Waals surface area contributed by atoms with Gasteiger partial charge >= 0.3 is 0 Å². The first-order valence-electron chi connectivity index (χ1n) is 3.81. The molecular weight excluding hydrogens is 146 g/mol. The Morgan fingerprint density at radius 2 is 2.09 bits per heavy atom. The highest BCUT2D eigenvalue weighted by molar-refractivity contribution is 4.79. The fraction of sp³-hybridized carbons (Fsp3) is 1.00. The predicted octanol–water partition coefficient (Wildman–Crippen LogP) is 1.20. The van der Waals surface area contributed by atoms with Crippen LogP contribution >= 0.6 is 0 Å². The van der Waals surface area contributed by atoms with Crippen LogP contribution in [0, 0.1) is 10.1 Å². The Balaban J connectivity index is 4.36. The van der Waals surface area contributed by atoms with Crippen LogP contribution in [0.3, 0.4) is 0 Å². The minimum absolute atomic E-state index is 0.369. The fourth-order valence-electron chi connectivity index (χ4n) is 1.05. The second kappa shape index (κ2) is 3.67. The van der Waals surface area contributed by atoms with Gasteiger partial charge < -0.3 is 5.11 Å². The molecular formula is C7H15NO3. The molecule has 0 fully saturated rings. The molecule has 11 heavy (non-hydrogen) atoms. The summed E-state index contributed by atoms with van der Waals surface area (Å²) >= 11 is 0. The fourth-order valence-corrected chi connectivity index (χ4v) is 1.05. The van der Waals surface area contributed by atoms with E-state index in [1.807, 2.05) is 0 Å². The molecule has 0 rings (SSSR count). The lowest BCUT2D eigenvalue weighted by Gasteiger charge is -2.23. The van der Waals surface area contributed by atoms with Crippen LogP contribution in [0.5, 0.6) is 0 Å². The first kappa shape index (κ1) is 10.4. The summed E-state index contributed by atoms with van der Waals surface area (Å²) in [6, 6.07) is -0.840. The molecule has 0 bridgehead atoms. The van der Waals surface area contributed by atoms with E-state index in [4.69, 9.17) is 0 Å². The third-order valence-corrected chi connectivity index (χ3v) is 2.07. The molecule has 0 spiro atoms. The molecule has 4 nitrogen and oxygen atoms in total. The van der Waals surface area contributed by atoms with E-state index in [1.165, 1.54) is 6.92 Å². The molecule has 2 atom stereocenters. The van der Waals surface area contributed by atoms with E-state index < -0.39 is 16.6 Å². The Morgan fingerprint density at radius 1 is 1.64 bits per heavy atom. The molecule has 0 saturated carbocycles. The van der Waals surface area contributed by atoms with Crippen molar-refractivity contribution in [3.05, 3.63) is 10.1 Å². The molecule has 0 saturated heterocycles. The Bertz CT molecular complexity index is 145. The van der Waals surface area contributed by atoms with Crippen LogP contribution in [0.2, 0.25) is 0 Å². The van der Waals surface area contributed by atoms with Gasteiger partial charge in [0, 0.05) is 11.3 Å². The van der Waals surface area contributed by atoms with Crippen LogP contribution in [0.15, 0.2) is 0 Å². The number of hydrogen-bond acceptors (Lipinski definition) is 3. The van der Waals surface area contributed by atoms with Crippen molar-refractivity contribution in [2.75, 3.05) is 0 Å². The molecule has 1 N–H and O–H groups in total. The monoisotopic (exact) mass is 161 g/mol. The van der Waals surface area contributed by atoms with Crippen LogP contribution in [0.25, 0.3) is 0 Å². The van der Waals surface area contributed by atoms with Gasteiger partial charge in [-0.1, -0.05) is 13.8 Å². The summed E-state index contributed by atoms with van der Waals surface area (Å²) < 4.78 is 0. The zero-order valence-electron chi connectivity index (χ0n) is 7.20. The van der Waals surface area contributed by atoms with Gasteiger partial charge in [0.1, 0.15) is 5.60 Å². The highest BCUT2D eigenvalue weighted by atomic mass is 16.6. The summed E-state index contributed by atoms with van der Waals surface area (Å²) in [4.78, 5) is 9.97. The normalized spacial score (nSPS) is 18.9. The summed E-state index contributed by atoms with van der Waals surface area (Å²) in [5.41, 5.74) is -1.17. The maximum absolute atomic E-state index is 10.4. The number of nitro groups is 1. The largest absolute Gasteiger partial charge is 0.383 e. The number of hydrogen-bond donors (Lipinski definition) is 1. The Hall–Kier alpha value is -0.640. The highest BCUT2D eigenvalue weighted by Gasteiger charge is 2.37. The van der Waals surface area contributed by atoms with Crippen molar-refractivity contribution in [2.24, 2.45) is 0 Å². The maximum atomic E-state index is 10.4. The molecule has 0 aliphatic heterocycles. The quantitative estimate of drug-likeness (QED) is 0.497. The van der Waals surface area contributed by atoms with E-state index in [0.717, 1.165) is 0 Å². The van der Waals surface area contributed by atoms with Gasteiger partial charge in [-0.15, -0.1) is 0 Å². The Labute approximate surface area is 66.4 Å². The third-order valence-electron chi connectivity index (χ3n) is 2.07. The van der Waals surface area contributed by atoms with Crippen molar-refractivity contribution in [1.82, 2.24) is 0 Å². The van der Waals surface area contributed by atoms with Crippen molar-refractivity contribution >= 4 is 0 Å². The third kappa shape index (κ3) is 2.46. The van der Waals surface area contributed by atoms with Crippen molar-refractivity contribution in [3.63, 3.8) is 0 Å². The molecule has 0 aliphatic rings. The van der Waals surface area contributed by atoms with E-state index in [1.54, 1.807) is 13.8 Å². The lowest BCUT2D eigenvalue weighted by atomic mass is 9.92. The van der Waals surface area contributed by atoms with E-state index >= 15 is 0 Å². The summed E-state index contributed by atoms with van der Waals surface area (Å²) in [7, 11) is 0. The van der Waals surface area contributed by atoms with E-state index in [-0.39, 0.29) is 0 Å². The van der Waals surface area contributed by atoms with Gasteiger partial charge in [-0.2, -0.15) is 0 Å². The van der Waals surface area contributed by atoms with Crippen molar-refractivity contribution in [1.29, 1.82) is 0 Å². The number of rotatable bonds is 4. The molecule has 4 heteroatoms. The van der Waals surface area contributed by atoms with Gasteiger partial charge in [-0.05, 0) is 13.3 Å². The minimum atomic E-state index is -1.17. The van der Waals surface area contributed by atoms with Crippen molar-refractivity contribution in [2.45, 2.75) is 45.3 Å². The van der Waals surface area contributed by atoms with E-state index in [0.29, 0.717) is 12.8 Å². The van der Waals surface area contributed by atoms with Gasteiger partial charge in [0.2, 0.25) is 6.04 Å². The smallest absolute Gasteiger partial charge is 0.240 e. The van der Waals surface area contributed by atoms with Crippen LogP contribution in [-0.4, -0.2) is 21.7 Å². The van der Waals surface area contributed by atoms with E-state index in [2.05, 4.69) is 0 Å². The molecule has 66 valence electrons.